The Balaban J connectivity index is 2.09. The van der Waals surface area contributed by atoms with Crippen LogP contribution in [0.25, 0.3) is 21.9 Å². The number of carbonyl (C=O) groups excluding carboxylic acids is 1. The summed E-state index contributed by atoms with van der Waals surface area (Å²) in [4.78, 5) is 12.6. The van der Waals surface area contributed by atoms with Gasteiger partial charge in [-0.05, 0) is 36.6 Å². The maximum atomic E-state index is 12.6. The first-order chi connectivity index (χ1) is 14.1. The third kappa shape index (κ3) is 4.51. The largest absolute Gasteiger partial charge is 0.507 e. The number of aromatic hydroxyl groups is 1. The van der Waals surface area contributed by atoms with Crippen molar-refractivity contribution in [2.45, 2.75) is 32.8 Å². The molecule has 3 aromatic carbocycles. The SMILES string of the molecule is CCCC(OC)C(=O)Oc1c(OCC)cc(O)c2cc(-c3ccccc3)ccc12. The first-order valence-electron chi connectivity index (χ1n) is 9.81. The van der Waals surface area contributed by atoms with E-state index in [0.717, 1.165) is 17.5 Å². The molecule has 1 N–H and O–H groups in total. The average molecular weight is 394 g/mol. The van der Waals surface area contributed by atoms with E-state index in [1.807, 2.05) is 62.4 Å². The van der Waals surface area contributed by atoms with E-state index in [4.69, 9.17) is 14.2 Å². The summed E-state index contributed by atoms with van der Waals surface area (Å²) in [5, 5.41) is 11.8. The van der Waals surface area contributed by atoms with Gasteiger partial charge in [-0.3, -0.25) is 0 Å². The number of fused-ring (bicyclic) bond motifs is 1. The summed E-state index contributed by atoms with van der Waals surface area (Å²) in [7, 11) is 1.49. The van der Waals surface area contributed by atoms with Gasteiger partial charge >= 0.3 is 5.97 Å². The normalized spacial score (nSPS) is 12.0. The number of phenols is 1. The summed E-state index contributed by atoms with van der Waals surface area (Å²) in [5.41, 5.74) is 1.99. The van der Waals surface area contributed by atoms with E-state index >= 15 is 0 Å². The second-order valence-corrected chi connectivity index (χ2v) is 6.72. The van der Waals surface area contributed by atoms with Crippen molar-refractivity contribution in [1.29, 1.82) is 0 Å². The molecule has 0 aromatic heterocycles. The molecule has 3 rings (SSSR count). The minimum absolute atomic E-state index is 0.0675. The molecule has 0 amide bonds. The number of benzene rings is 3. The van der Waals surface area contributed by atoms with Crippen molar-refractivity contribution in [1.82, 2.24) is 0 Å². The maximum absolute atomic E-state index is 12.6. The number of hydrogen-bond donors (Lipinski definition) is 1. The third-order valence-electron chi connectivity index (χ3n) is 4.74. The Morgan fingerprint density at radius 3 is 2.41 bits per heavy atom. The van der Waals surface area contributed by atoms with E-state index in [1.165, 1.54) is 13.2 Å². The lowest BCUT2D eigenvalue weighted by atomic mass is 10.00. The van der Waals surface area contributed by atoms with Crippen LogP contribution >= 0.6 is 0 Å². The fraction of sp³-hybridized carbons (Fsp3) is 0.292. The molecular formula is C24H26O5. The van der Waals surface area contributed by atoms with E-state index in [-0.39, 0.29) is 5.75 Å². The Kier molecular flexibility index (Phi) is 6.73. The van der Waals surface area contributed by atoms with Crippen molar-refractivity contribution in [2.75, 3.05) is 13.7 Å². The van der Waals surface area contributed by atoms with E-state index in [0.29, 0.717) is 35.3 Å². The lowest BCUT2D eigenvalue weighted by Crippen LogP contribution is -2.27. The van der Waals surface area contributed by atoms with Crippen LogP contribution in [-0.4, -0.2) is 30.9 Å². The Labute approximate surface area is 170 Å². The number of esters is 1. The number of methoxy groups -OCH3 is 1. The predicted octanol–water partition coefficient (Wildman–Crippen LogP) is 5.33. The second-order valence-electron chi connectivity index (χ2n) is 6.72. The highest BCUT2D eigenvalue weighted by Crippen LogP contribution is 2.43. The van der Waals surface area contributed by atoms with Gasteiger partial charge in [-0.1, -0.05) is 49.7 Å². The van der Waals surface area contributed by atoms with Crippen LogP contribution in [-0.2, 0) is 9.53 Å². The highest BCUT2D eigenvalue weighted by atomic mass is 16.6. The number of ether oxygens (including phenoxy) is 3. The quantitative estimate of drug-likeness (QED) is 0.413. The summed E-state index contributed by atoms with van der Waals surface area (Å²) < 4.78 is 16.6. The zero-order valence-electron chi connectivity index (χ0n) is 17.0. The van der Waals surface area contributed by atoms with Crippen LogP contribution in [0, 0.1) is 0 Å². The van der Waals surface area contributed by atoms with Gasteiger partial charge in [0.05, 0.1) is 6.61 Å². The van der Waals surface area contributed by atoms with Crippen LogP contribution in [0.1, 0.15) is 26.7 Å². The van der Waals surface area contributed by atoms with Crippen LogP contribution in [0.3, 0.4) is 0 Å². The fourth-order valence-electron chi connectivity index (χ4n) is 3.29. The lowest BCUT2D eigenvalue weighted by Gasteiger charge is -2.18. The molecular weight excluding hydrogens is 368 g/mol. The molecule has 5 heteroatoms. The van der Waals surface area contributed by atoms with E-state index < -0.39 is 12.1 Å². The Hall–Kier alpha value is -3.05. The van der Waals surface area contributed by atoms with Gasteiger partial charge in [0.15, 0.2) is 17.6 Å². The topological polar surface area (TPSA) is 65.0 Å². The predicted molar refractivity (Wildman–Crippen MR) is 114 cm³/mol. The van der Waals surface area contributed by atoms with Crippen molar-refractivity contribution >= 4 is 16.7 Å². The van der Waals surface area contributed by atoms with Crippen molar-refractivity contribution in [3.05, 3.63) is 54.6 Å². The molecule has 0 fully saturated rings. The Morgan fingerprint density at radius 1 is 1.00 bits per heavy atom. The summed E-state index contributed by atoms with van der Waals surface area (Å²) >= 11 is 0. The highest BCUT2D eigenvalue weighted by molar-refractivity contribution is 5.99. The molecule has 0 saturated carbocycles. The summed E-state index contributed by atoms with van der Waals surface area (Å²) in [6.45, 7) is 4.19. The fourth-order valence-corrected chi connectivity index (χ4v) is 3.29. The van der Waals surface area contributed by atoms with Gasteiger partial charge < -0.3 is 19.3 Å². The second kappa shape index (κ2) is 9.43. The van der Waals surface area contributed by atoms with Gasteiger partial charge in [-0.2, -0.15) is 0 Å². The van der Waals surface area contributed by atoms with Crippen molar-refractivity contribution in [3.63, 3.8) is 0 Å². The molecule has 0 aliphatic rings. The van der Waals surface area contributed by atoms with Gasteiger partial charge in [0.1, 0.15) is 5.75 Å². The first-order valence-corrected chi connectivity index (χ1v) is 9.81. The summed E-state index contributed by atoms with van der Waals surface area (Å²) in [6.07, 6.45) is 0.706. The third-order valence-corrected chi connectivity index (χ3v) is 4.74. The maximum Gasteiger partial charge on any atom is 0.340 e. The minimum Gasteiger partial charge on any atom is -0.507 e. The molecule has 3 aromatic rings. The van der Waals surface area contributed by atoms with E-state index in [9.17, 15) is 9.90 Å². The molecule has 0 bridgehead atoms. The standard InChI is InChI=1S/C24H26O5/c1-4-9-21(27-3)24(26)29-23-18-13-12-17(16-10-7-6-8-11-16)14-19(18)20(25)15-22(23)28-5-2/h6-8,10-15,21,25H,4-5,9H2,1-3H3. The number of hydrogen-bond acceptors (Lipinski definition) is 5. The number of phenolic OH excluding ortho intramolecular Hbond substituents is 1. The summed E-state index contributed by atoms with van der Waals surface area (Å²) in [5.74, 6) is 0.208. The molecule has 1 unspecified atom stereocenters. The molecule has 5 nitrogen and oxygen atoms in total. The molecule has 1 atom stereocenters. The molecule has 29 heavy (non-hydrogen) atoms. The van der Waals surface area contributed by atoms with Crippen molar-refractivity contribution in [2.24, 2.45) is 0 Å². The van der Waals surface area contributed by atoms with Gasteiger partial charge in [0, 0.05) is 23.9 Å². The van der Waals surface area contributed by atoms with Crippen LogP contribution in [0.4, 0.5) is 0 Å². The van der Waals surface area contributed by atoms with Gasteiger partial charge in [-0.15, -0.1) is 0 Å². The highest BCUT2D eigenvalue weighted by Gasteiger charge is 2.23. The molecule has 0 aliphatic carbocycles. The van der Waals surface area contributed by atoms with E-state index in [2.05, 4.69) is 0 Å². The van der Waals surface area contributed by atoms with E-state index in [1.54, 1.807) is 0 Å². The van der Waals surface area contributed by atoms with Crippen molar-refractivity contribution < 1.29 is 24.1 Å². The zero-order valence-corrected chi connectivity index (χ0v) is 17.0. The van der Waals surface area contributed by atoms with Crippen LogP contribution in [0.2, 0.25) is 0 Å². The first kappa shape index (κ1) is 20.7. The smallest absolute Gasteiger partial charge is 0.340 e. The minimum atomic E-state index is -0.651. The van der Waals surface area contributed by atoms with Crippen LogP contribution in [0.5, 0.6) is 17.2 Å². The van der Waals surface area contributed by atoms with Gasteiger partial charge in [0.2, 0.25) is 0 Å². The molecule has 0 spiro atoms. The van der Waals surface area contributed by atoms with Crippen LogP contribution < -0.4 is 9.47 Å². The van der Waals surface area contributed by atoms with Crippen LogP contribution in [0.15, 0.2) is 54.6 Å². The average Bonchev–Trinajstić information content (AvgIpc) is 2.75. The number of rotatable bonds is 8. The number of carbonyl (C=O) groups is 1. The van der Waals surface area contributed by atoms with Gasteiger partial charge in [0.25, 0.3) is 0 Å². The molecule has 0 aliphatic heterocycles. The molecule has 0 saturated heterocycles. The lowest BCUT2D eigenvalue weighted by molar-refractivity contribution is -0.146. The molecule has 0 heterocycles. The molecule has 0 radical (unpaired) electrons. The van der Waals surface area contributed by atoms with Gasteiger partial charge in [-0.25, -0.2) is 4.79 Å². The monoisotopic (exact) mass is 394 g/mol. The summed E-state index contributed by atoms with van der Waals surface area (Å²) in [6, 6.07) is 17.0. The molecule has 152 valence electrons. The Bertz CT molecular complexity index is 981. The van der Waals surface area contributed by atoms with Crippen molar-refractivity contribution in [3.8, 4) is 28.4 Å². The zero-order chi connectivity index (χ0) is 20.8. The Morgan fingerprint density at radius 2 is 1.76 bits per heavy atom.